The van der Waals surface area contributed by atoms with Crippen LogP contribution in [0, 0.1) is 0 Å². The molecule has 0 aliphatic carbocycles. The van der Waals surface area contributed by atoms with Gasteiger partial charge in [-0.2, -0.15) is 0 Å². The molecule has 4 N–H and O–H groups in total. The van der Waals surface area contributed by atoms with E-state index in [1.807, 2.05) is 18.2 Å². The van der Waals surface area contributed by atoms with E-state index in [-0.39, 0.29) is 5.75 Å². The monoisotopic (exact) mass is 315 g/mol. The number of para-hydroxylation sites is 2. The smallest absolute Gasteiger partial charge is 0.431 e. The molecule has 0 fully saturated rings. The van der Waals surface area contributed by atoms with Crippen molar-refractivity contribution in [3.05, 3.63) is 60.2 Å². The van der Waals surface area contributed by atoms with Crippen molar-refractivity contribution in [2.24, 2.45) is 0 Å². The van der Waals surface area contributed by atoms with Gasteiger partial charge in [-0.1, -0.05) is 36.4 Å². The summed E-state index contributed by atoms with van der Waals surface area (Å²) in [7, 11) is 0. The van der Waals surface area contributed by atoms with Crippen LogP contribution < -0.4 is 20.9 Å². The number of hydrazine groups is 1. The van der Waals surface area contributed by atoms with Crippen molar-refractivity contribution >= 4 is 17.9 Å². The fourth-order valence-electron chi connectivity index (χ4n) is 1.96. The van der Waals surface area contributed by atoms with Crippen molar-refractivity contribution in [1.82, 2.24) is 10.7 Å². The van der Waals surface area contributed by atoms with E-state index in [2.05, 4.69) is 16.2 Å². The summed E-state index contributed by atoms with van der Waals surface area (Å²) in [6.45, 7) is 1.66. The van der Waals surface area contributed by atoms with E-state index >= 15 is 0 Å². The van der Waals surface area contributed by atoms with E-state index in [1.165, 1.54) is 0 Å². The van der Waals surface area contributed by atoms with Crippen molar-refractivity contribution < 1.29 is 19.4 Å². The molecule has 2 rings (SSSR count). The molecule has 0 aliphatic heterocycles. The third kappa shape index (κ3) is 4.92. The second-order valence-corrected chi connectivity index (χ2v) is 4.71. The van der Waals surface area contributed by atoms with Gasteiger partial charge in [0.15, 0.2) is 0 Å². The number of carbonyl (C=O) groups is 2. The van der Waals surface area contributed by atoms with Gasteiger partial charge in [0.05, 0.1) is 11.7 Å². The van der Waals surface area contributed by atoms with Crippen LogP contribution in [0.15, 0.2) is 54.6 Å². The highest BCUT2D eigenvalue weighted by molar-refractivity contribution is 5.73. The highest BCUT2D eigenvalue weighted by atomic mass is 16.6. The maximum absolute atomic E-state index is 11.9. The molecule has 7 heteroatoms. The van der Waals surface area contributed by atoms with Crippen molar-refractivity contribution in [2.75, 3.05) is 5.43 Å². The summed E-state index contributed by atoms with van der Waals surface area (Å²) in [5, 5.41) is 11.1. The number of ether oxygens (including phenoxy) is 1. The predicted octanol–water partition coefficient (Wildman–Crippen LogP) is 3.13. The molecule has 0 radical (unpaired) electrons. The van der Waals surface area contributed by atoms with Crippen LogP contribution in [0.3, 0.4) is 0 Å². The van der Waals surface area contributed by atoms with Crippen LogP contribution in [0.5, 0.6) is 5.75 Å². The Morgan fingerprint density at radius 3 is 2.39 bits per heavy atom. The maximum Gasteiger partial charge on any atom is 0.431 e. The van der Waals surface area contributed by atoms with Gasteiger partial charge in [-0.15, -0.1) is 0 Å². The Labute approximate surface area is 133 Å². The molecule has 0 aromatic heterocycles. The van der Waals surface area contributed by atoms with Crippen LogP contribution in [0.4, 0.5) is 15.3 Å². The number of nitrogens with one attached hydrogen (secondary N) is 3. The standard InChI is InChI=1S/C16H17N3O4/c1-11(17-15(20)21)13-9-5-6-10-14(13)23-16(22)19-18-12-7-3-2-4-8-12/h2-11,17-18H,1H3,(H,19,22)(H,20,21)/t11-/m1/s1. The van der Waals surface area contributed by atoms with Crippen molar-refractivity contribution in [3.63, 3.8) is 0 Å². The Hall–Kier alpha value is -3.22. The molecule has 0 bridgehead atoms. The first-order valence-electron chi connectivity index (χ1n) is 6.93. The number of hydrogen-bond acceptors (Lipinski definition) is 4. The quantitative estimate of drug-likeness (QED) is 0.635. The van der Waals surface area contributed by atoms with E-state index in [0.717, 1.165) is 0 Å². The molecule has 0 aliphatic rings. The number of anilines is 1. The second-order valence-electron chi connectivity index (χ2n) is 4.71. The minimum absolute atomic E-state index is 0.279. The van der Waals surface area contributed by atoms with E-state index in [0.29, 0.717) is 11.3 Å². The molecular formula is C16H17N3O4. The Bertz CT molecular complexity index is 676. The third-order valence-electron chi connectivity index (χ3n) is 3.01. The first-order valence-corrected chi connectivity index (χ1v) is 6.93. The van der Waals surface area contributed by atoms with E-state index in [9.17, 15) is 9.59 Å². The van der Waals surface area contributed by atoms with Gasteiger partial charge in [-0.05, 0) is 25.1 Å². The van der Waals surface area contributed by atoms with E-state index in [4.69, 9.17) is 9.84 Å². The molecule has 0 saturated carbocycles. The number of hydrogen-bond donors (Lipinski definition) is 4. The summed E-state index contributed by atoms with van der Waals surface area (Å²) in [6.07, 6.45) is -1.86. The van der Waals surface area contributed by atoms with Crippen LogP contribution in [-0.4, -0.2) is 17.3 Å². The molecule has 23 heavy (non-hydrogen) atoms. The molecule has 2 amide bonds. The number of carbonyl (C=O) groups excluding carboxylic acids is 1. The zero-order valence-corrected chi connectivity index (χ0v) is 12.4. The van der Waals surface area contributed by atoms with Gasteiger partial charge in [-0.25, -0.2) is 15.0 Å². The summed E-state index contributed by atoms with van der Waals surface area (Å²) in [5.41, 5.74) is 6.38. The van der Waals surface area contributed by atoms with Crippen LogP contribution >= 0.6 is 0 Å². The summed E-state index contributed by atoms with van der Waals surface area (Å²) in [4.78, 5) is 22.6. The average Bonchev–Trinajstić information content (AvgIpc) is 2.54. The molecule has 120 valence electrons. The Balaban J connectivity index is 1.99. The van der Waals surface area contributed by atoms with E-state index < -0.39 is 18.2 Å². The maximum atomic E-state index is 11.9. The zero-order chi connectivity index (χ0) is 16.7. The molecule has 0 saturated heterocycles. The first-order chi connectivity index (χ1) is 11.1. The molecule has 1 atom stereocenters. The molecule has 0 heterocycles. The summed E-state index contributed by atoms with van der Waals surface area (Å²) < 4.78 is 5.22. The average molecular weight is 315 g/mol. The van der Waals surface area contributed by atoms with Gasteiger partial charge in [0.2, 0.25) is 0 Å². The summed E-state index contributed by atoms with van der Waals surface area (Å²) in [5.74, 6) is 0.279. The number of benzene rings is 2. The fraction of sp³-hybridized carbons (Fsp3) is 0.125. The molecule has 0 unspecified atom stereocenters. The molecule has 0 spiro atoms. The van der Waals surface area contributed by atoms with Crippen LogP contribution in [0.1, 0.15) is 18.5 Å². The second kappa shape index (κ2) is 7.69. The predicted molar refractivity (Wildman–Crippen MR) is 85.2 cm³/mol. The van der Waals surface area contributed by atoms with Crippen molar-refractivity contribution in [3.8, 4) is 5.75 Å². The fourth-order valence-corrected chi connectivity index (χ4v) is 1.96. The Morgan fingerprint density at radius 1 is 1.04 bits per heavy atom. The molecular weight excluding hydrogens is 298 g/mol. The normalized spacial score (nSPS) is 11.2. The zero-order valence-electron chi connectivity index (χ0n) is 12.4. The molecule has 7 nitrogen and oxygen atoms in total. The van der Waals surface area contributed by atoms with Crippen LogP contribution in [0.25, 0.3) is 0 Å². The first kappa shape index (κ1) is 16.2. The van der Waals surface area contributed by atoms with Gasteiger partial charge in [0.25, 0.3) is 0 Å². The lowest BCUT2D eigenvalue weighted by Crippen LogP contribution is -2.32. The topological polar surface area (TPSA) is 99.7 Å². The minimum atomic E-state index is -1.15. The van der Waals surface area contributed by atoms with E-state index in [1.54, 1.807) is 43.3 Å². The highest BCUT2D eigenvalue weighted by Gasteiger charge is 2.15. The summed E-state index contributed by atoms with van der Waals surface area (Å²) >= 11 is 0. The molecule has 2 aromatic rings. The van der Waals surface area contributed by atoms with Crippen molar-refractivity contribution in [1.29, 1.82) is 0 Å². The number of rotatable bonds is 5. The van der Waals surface area contributed by atoms with Crippen molar-refractivity contribution in [2.45, 2.75) is 13.0 Å². The van der Waals surface area contributed by atoms with Gasteiger partial charge < -0.3 is 15.2 Å². The van der Waals surface area contributed by atoms with Gasteiger partial charge >= 0.3 is 12.2 Å². The third-order valence-corrected chi connectivity index (χ3v) is 3.01. The lowest BCUT2D eigenvalue weighted by Gasteiger charge is -2.16. The lowest BCUT2D eigenvalue weighted by molar-refractivity contribution is 0.190. The number of amides is 2. The van der Waals surface area contributed by atoms with Crippen LogP contribution in [0.2, 0.25) is 0 Å². The lowest BCUT2D eigenvalue weighted by atomic mass is 10.1. The minimum Gasteiger partial charge on any atom is -0.465 e. The Kier molecular flexibility index (Phi) is 5.40. The summed E-state index contributed by atoms with van der Waals surface area (Å²) in [6, 6.07) is 15.3. The van der Waals surface area contributed by atoms with Crippen LogP contribution in [-0.2, 0) is 0 Å². The van der Waals surface area contributed by atoms with Gasteiger partial charge in [0, 0.05) is 5.56 Å². The highest BCUT2D eigenvalue weighted by Crippen LogP contribution is 2.24. The Morgan fingerprint density at radius 2 is 1.70 bits per heavy atom. The SMILES string of the molecule is C[C@@H](NC(=O)O)c1ccccc1OC(=O)NNc1ccccc1. The molecule has 2 aromatic carbocycles. The largest absolute Gasteiger partial charge is 0.465 e. The van der Waals surface area contributed by atoms with Gasteiger partial charge in [-0.3, -0.25) is 5.43 Å². The number of carboxylic acid groups (broad SMARTS) is 1. The van der Waals surface area contributed by atoms with Gasteiger partial charge in [0.1, 0.15) is 5.75 Å².